The maximum Gasteiger partial charge on any atom is 0.417 e. The van der Waals surface area contributed by atoms with Gasteiger partial charge in [-0.3, -0.25) is 0 Å². The Morgan fingerprint density at radius 2 is 1.83 bits per heavy atom. The van der Waals surface area contributed by atoms with Crippen LogP contribution in [-0.2, 0) is 0 Å². The molecular weight excluding hydrogens is 167 g/mol. The van der Waals surface area contributed by atoms with E-state index in [1.54, 1.807) is 13.8 Å². The van der Waals surface area contributed by atoms with Gasteiger partial charge in [0.05, 0.1) is 5.57 Å². The summed E-state index contributed by atoms with van der Waals surface area (Å²) in [4.78, 5) is 0. The molecule has 0 spiro atoms. The molecule has 0 aromatic rings. The van der Waals surface area contributed by atoms with Crippen molar-refractivity contribution in [2.24, 2.45) is 11.7 Å². The molecule has 0 radical (unpaired) electrons. The van der Waals surface area contributed by atoms with Gasteiger partial charge < -0.3 is 5.73 Å². The lowest BCUT2D eigenvalue weighted by Crippen LogP contribution is -2.11. The van der Waals surface area contributed by atoms with Gasteiger partial charge in [0.25, 0.3) is 0 Å². The largest absolute Gasteiger partial charge is 0.417 e. The highest BCUT2D eigenvalue weighted by atomic mass is 19.4. The summed E-state index contributed by atoms with van der Waals surface area (Å²) in [6.45, 7) is 3.59. The third-order valence-corrected chi connectivity index (χ3v) is 1.17. The van der Waals surface area contributed by atoms with Gasteiger partial charge >= 0.3 is 6.18 Å². The molecule has 0 atom stereocenters. The van der Waals surface area contributed by atoms with Crippen molar-refractivity contribution < 1.29 is 13.2 Å². The van der Waals surface area contributed by atoms with Gasteiger partial charge in [0.2, 0.25) is 0 Å². The predicted octanol–water partition coefficient (Wildman–Crippen LogP) is 2.60. The lowest BCUT2D eigenvalue weighted by atomic mass is 10.1. The topological polar surface area (TPSA) is 26.0 Å². The maximum absolute atomic E-state index is 12.0. The zero-order chi connectivity index (χ0) is 9.78. The van der Waals surface area contributed by atoms with Crippen molar-refractivity contribution >= 4 is 0 Å². The second-order valence-corrected chi connectivity index (χ2v) is 2.72. The Balaban J connectivity index is 4.42. The average molecular weight is 179 g/mol. The highest BCUT2D eigenvalue weighted by Gasteiger charge is 2.31. The van der Waals surface area contributed by atoms with Crippen molar-refractivity contribution in [1.82, 2.24) is 0 Å². The maximum atomic E-state index is 12.0. The van der Waals surface area contributed by atoms with E-state index in [9.17, 15) is 13.2 Å². The third-order valence-electron chi connectivity index (χ3n) is 1.17. The zero-order valence-electron chi connectivity index (χ0n) is 7.02. The Morgan fingerprint density at radius 1 is 1.33 bits per heavy atom. The van der Waals surface area contributed by atoms with E-state index in [1.165, 1.54) is 6.08 Å². The van der Waals surface area contributed by atoms with Gasteiger partial charge in [-0.15, -0.1) is 0 Å². The van der Waals surface area contributed by atoms with E-state index < -0.39 is 11.7 Å². The lowest BCUT2D eigenvalue weighted by Gasteiger charge is -2.06. The van der Waals surface area contributed by atoms with Crippen LogP contribution in [0.4, 0.5) is 13.2 Å². The summed E-state index contributed by atoms with van der Waals surface area (Å²) in [5, 5.41) is 0. The summed E-state index contributed by atoms with van der Waals surface area (Å²) in [5.41, 5.74) is 4.00. The molecule has 1 nitrogen and oxygen atoms in total. The summed E-state index contributed by atoms with van der Waals surface area (Å²) in [5.74, 6) is 0.0855. The number of hydrogen-bond donors (Lipinski definition) is 1. The van der Waals surface area contributed by atoms with Crippen LogP contribution in [0.3, 0.4) is 0 Å². The SMILES string of the molecule is CC(C)/C=C\C(=C/N)C(F)(F)F. The molecule has 0 fully saturated rings. The van der Waals surface area contributed by atoms with Gasteiger partial charge in [0, 0.05) is 6.20 Å². The molecule has 70 valence electrons. The van der Waals surface area contributed by atoms with Crippen LogP contribution in [0.1, 0.15) is 13.8 Å². The van der Waals surface area contributed by atoms with E-state index >= 15 is 0 Å². The van der Waals surface area contributed by atoms with Crippen LogP contribution in [0.5, 0.6) is 0 Å². The van der Waals surface area contributed by atoms with Crippen molar-refractivity contribution in [2.75, 3.05) is 0 Å². The molecule has 0 aromatic carbocycles. The van der Waals surface area contributed by atoms with Gasteiger partial charge in [-0.05, 0) is 5.92 Å². The third kappa shape index (κ3) is 4.05. The highest BCUT2D eigenvalue weighted by molar-refractivity contribution is 5.22. The van der Waals surface area contributed by atoms with Crippen LogP contribution in [0.25, 0.3) is 0 Å². The number of alkyl halides is 3. The van der Waals surface area contributed by atoms with Crippen LogP contribution >= 0.6 is 0 Å². The fourth-order valence-electron chi connectivity index (χ4n) is 0.541. The molecule has 4 heteroatoms. The standard InChI is InChI=1S/C8H12F3N/c1-6(2)3-4-7(5-12)8(9,10)11/h3-6H,12H2,1-2H3/b4-3-,7-5+. The van der Waals surface area contributed by atoms with Crippen LogP contribution in [0.2, 0.25) is 0 Å². The first-order valence-corrected chi connectivity index (χ1v) is 3.55. The molecule has 0 unspecified atom stereocenters. The second-order valence-electron chi connectivity index (χ2n) is 2.72. The van der Waals surface area contributed by atoms with Gasteiger partial charge in [-0.2, -0.15) is 13.2 Å². The Kier molecular flexibility index (Phi) is 3.86. The van der Waals surface area contributed by atoms with Gasteiger partial charge in [-0.1, -0.05) is 26.0 Å². The Hall–Kier alpha value is -0.930. The summed E-state index contributed by atoms with van der Waals surface area (Å²) >= 11 is 0. The number of nitrogens with two attached hydrogens (primary N) is 1. The van der Waals surface area contributed by atoms with Gasteiger partial charge in [0.1, 0.15) is 0 Å². The molecule has 0 rings (SSSR count). The van der Waals surface area contributed by atoms with Crippen molar-refractivity contribution in [3.63, 3.8) is 0 Å². The molecule has 2 N–H and O–H groups in total. The van der Waals surface area contributed by atoms with Crippen LogP contribution < -0.4 is 5.73 Å². The molecule has 0 aliphatic carbocycles. The molecule has 0 bridgehead atoms. The number of hydrogen-bond acceptors (Lipinski definition) is 1. The fourth-order valence-corrected chi connectivity index (χ4v) is 0.541. The molecule has 0 heterocycles. The Labute approximate surface area is 69.8 Å². The highest BCUT2D eigenvalue weighted by Crippen LogP contribution is 2.25. The van der Waals surface area contributed by atoms with E-state index in [2.05, 4.69) is 0 Å². The van der Waals surface area contributed by atoms with E-state index in [1.807, 2.05) is 0 Å². The number of halogens is 3. The van der Waals surface area contributed by atoms with E-state index in [0.717, 1.165) is 6.08 Å². The van der Waals surface area contributed by atoms with E-state index in [4.69, 9.17) is 5.73 Å². The van der Waals surface area contributed by atoms with Crippen molar-refractivity contribution in [3.8, 4) is 0 Å². The number of allylic oxidation sites excluding steroid dienone is 3. The average Bonchev–Trinajstić information content (AvgIpc) is 1.85. The normalized spacial score (nSPS) is 14.7. The summed E-state index contributed by atoms with van der Waals surface area (Å²) in [6.07, 6.45) is -1.34. The molecule has 0 amide bonds. The molecule has 0 saturated heterocycles. The lowest BCUT2D eigenvalue weighted by molar-refractivity contribution is -0.0883. The molecule has 0 aliphatic heterocycles. The first kappa shape index (κ1) is 11.1. The van der Waals surface area contributed by atoms with E-state index in [0.29, 0.717) is 6.20 Å². The molecular formula is C8H12F3N. The van der Waals surface area contributed by atoms with Gasteiger partial charge in [-0.25, -0.2) is 0 Å². The minimum Gasteiger partial charge on any atom is -0.404 e. The van der Waals surface area contributed by atoms with Crippen LogP contribution in [0.15, 0.2) is 23.9 Å². The van der Waals surface area contributed by atoms with Crippen molar-refractivity contribution in [1.29, 1.82) is 0 Å². The monoisotopic (exact) mass is 179 g/mol. The van der Waals surface area contributed by atoms with Crippen LogP contribution in [0, 0.1) is 5.92 Å². The fraction of sp³-hybridized carbons (Fsp3) is 0.500. The quantitative estimate of drug-likeness (QED) is 0.648. The zero-order valence-corrected chi connectivity index (χ0v) is 7.02. The molecule has 12 heavy (non-hydrogen) atoms. The summed E-state index contributed by atoms with van der Waals surface area (Å²) in [6, 6.07) is 0. The Morgan fingerprint density at radius 3 is 2.08 bits per heavy atom. The van der Waals surface area contributed by atoms with Crippen molar-refractivity contribution in [3.05, 3.63) is 23.9 Å². The minimum atomic E-state index is -4.35. The number of rotatable bonds is 2. The minimum absolute atomic E-state index is 0.0855. The summed E-state index contributed by atoms with van der Waals surface area (Å²) in [7, 11) is 0. The molecule has 0 aromatic heterocycles. The van der Waals surface area contributed by atoms with Crippen LogP contribution in [-0.4, -0.2) is 6.18 Å². The van der Waals surface area contributed by atoms with E-state index in [-0.39, 0.29) is 5.92 Å². The summed E-state index contributed by atoms with van der Waals surface area (Å²) < 4.78 is 35.9. The molecule has 0 saturated carbocycles. The smallest absolute Gasteiger partial charge is 0.404 e. The first-order valence-electron chi connectivity index (χ1n) is 3.55. The second kappa shape index (κ2) is 4.18. The predicted molar refractivity (Wildman–Crippen MR) is 42.3 cm³/mol. The Bertz CT molecular complexity index is 189. The van der Waals surface area contributed by atoms with Crippen molar-refractivity contribution in [2.45, 2.75) is 20.0 Å². The molecule has 0 aliphatic rings. The first-order chi connectivity index (χ1) is 5.38. The van der Waals surface area contributed by atoms with Gasteiger partial charge in [0.15, 0.2) is 0 Å².